The molecule has 148 valence electrons. The monoisotopic (exact) mass is 382 g/mol. The van der Waals surface area contributed by atoms with E-state index in [-0.39, 0.29) is 0 Å². The van der Waals surface area contributed by atoms with Gasteiger partial charge >= 0.3 is 6.09 Å². The highest BCUT2D eigenvalue weighted by Gasteiger charge is 2.22. The molecule has 28 heavy (non-hydrogen) atoms. The number of pyridine rings is 2. The van der Waals surface area contributed by atoms with Gasteiger partial charge in [0.15, 0.2) is 0 Å². The molecule has 0 aromatic carbocycles. The van der Waals surface area contributed by atoms with Gasteiger partial charge in [-0.25, -0.2) is 19.3 Å². The van der Waals surface area contributed by atoms with Crippen LogP contribution in [0.3, 0.4) is 0 Å². The number of anilines is 1. The van der Waals surface area contributed by atoms with Gasteiger partial charge in [0.2, 0.25) is 0 Å². The Hall–Kier alpha value is -3.09. The van der Waals surface area contributed by atoms with E-state index >= 15 is 0 Å². The largest absolute Gasteiger partial charge is 0.492 e. The highest BCUT2D eigenvalue weighted by Crippen LogP contribution is 2.27. The Bertz CT molecular complexity index is 1020. The molecular weight excluding hydrogens is 356 g/mol. The second-order valence-electron chi connectivity index (χ2n) is 7.64. The van der Waals surface area contributed by atoms with Crippen LogP contribution < -0.4 is 10.5 Å². The molecule has 7 heteroatoms. The summed E-state index contributed by atoms with van der Waals surface area (Å²) in [5.74, 6) is 1.14. The zero-order valence-electron chi connectivity index (χ0n) is 16.9. The van der Waals surface area contributed by atoms with E-state index in [1.807, 2.05) is 46.8 Å². The van der Waals surface area contributed by atoms with Crippen molar-refractivity contribution in [3.63, 3.8) is 0 Å². The molecule has 0 atom stereocenters. The Morgan fingerprint density at radius 2 is 2.00 bits per heavy atom. The molecule has 3 aromatic rings. The molecule has 0 aliphatic carbocycles. The predicted octanol–water partition coefficient (Wildman–Crippen LogP) is 4.09. The standard InChI is InChI=1S/C21H26N4O3/c1-6-27-16-10-17-15(9-14-7-8-18(22)24-13(14)2)12-25(19(17)23-11-16)20(26)28-21(3,4)5/h7-8,10-12H,6,9H2,1-5H3,(H2,22,24). The van der Waals surface area contributed by atoms with Crippen molar-refractivity contribution in [2.24, 2.45) is 0 Å². The third-order valence-electron chi connectivity index (χ3n) is 4.20. The molecule has 7 nitrogen and oxygen atoms in total. The van der Waals surface area contributed by atoms with Gasteiger partial charge in [-0.1, -0.05) is 6.07 Å². The van der Waals surface area contributed by atoms with Gasteiger partial charge in [-0.2, -0.15) is 0 Å². The second-order valence-corrected chi connectivity index (χ2v) is 7.64. The molecule has 3 heterocycles. The van der Waals surface area contributed by atoms with E-state index in [0.29, 0.717) is 30.2 Å². The van der Waals surface area contributed by atoms with E-state index in [9.17, 15) is 4.79 Å². The average molecular weight is 382 g/mol. The number of fused-ring (bicyclic) bond motifs is 1. The van der Waals surface area contributed by atoms with E-state index in [2.05, 4.69) is 9.97 Å². The lowest BCUT2D eigenvalue weighted by molar-refractivity contribution is 0.0543. The molecule has 0 unspecified atom stereocenters. The van der Waals surface area contributed by atoms with Crippen molar-refractivity contribution in [2.45, 2.75) is 46.6 Å². The van der Waals surface area contributed by atoms with Gasteiger partial charge in [-0.05, 0) is 57.9 Å². The summed E-state index contributed by atoms with van der Waals surface area (Å²) in [5, 5.41) is 0.841. The smallest absolute Gasteiger partial charge is 0.420 e. The first-order chi connectivity index (χ1) is 13.2. The van der Waals surface area contributed by atoms with Crippen LogP contribution in [0.15, 0.2) is 30.6 Å². The summed E-state index contributed by atoms with van der Waals surface area (Å²) in [6.45, 7) is 9.88. The van der Waals surface area contributed by atoms with Gasteiger partial charge in [0.25, 0.3) is 0 Å². The lowest BCUT2D eigenvalue weighted by Crippen LogP contribution is -2.26. The molecule has 0 fully saturated rings. The van der Waals surface area contributed by atoms with Crippen molar-refractivity contribution in [2.75, 3.05) is 12.3 Å². The minimum absolute atomic E-state index is 0.465. The van der Waals surface area contributed by atoms with E-state index in [1.54, 1.807) is 18.5 Å². The lowest BCUT2D eigenvalue weighted by Gasteiger charge is -2.19. The van der Waals surface area contributed by atoms with Gasteiger partial charge in [-0.15, -0.1) is 0 Å². The summed E-state index contributed by atoms with van der Waals surface area (Å²) < 4.78 is 12.6. The zero-order valence-corrected chi connectivity index (χ0v) is 16.9. The number of aromatic nitrogens is 3. The molecular formula is C21H26N4O3. The topological polar surface area (TPSA) is 92.3 Å². The van der Waals surface area contributed by atoms with Gasteiger partial charge in [-0.3, -0.25) is 0 Å². The number of carbonyl (C=O) groups excluding carboxylic acids is 1. The molecule has 2 N–H and O–H groups in total. The minimum atomic E-state index is -0.601. The van der Waals surface area contributed by atoms with Crippen LogP contribution in [0.2, 0.25) is 0 Å². The Morgan fingerprint density at radius 1 is 1.25 bits per heavy atom. The number of hydrogen-bond donors (Lipinski definition) is 1. The number of nitrogens with two attached hydrogens (primary N) is 1. The molecule has 0 aliphatic heterocycles. The molecule has 0 saturated heterocycles. The van der Waals surface area contributed by atoms with Crippen LogP contribution in [0.4, 0.5) is 10.6 Å². The van der Waals surface area contributed by atoms with Crippen LogP contribution in [0.25, 0.3) is 11.0 Å². The van der Waals surface area contributed by atoms with Crippen molar-refractivity contribution in [1.29, 1.82) is 0 Å². The first-order valence-electron chi connectivity index (χ1n) is 9.26. The Kier molecular flexibility index (Phi) is 5.27. The van der Waals surface area contributed by atoms with Crippen molar-refractivity contribution in [3.8, 4) is 5.75 Å². The maximum absolute atomic E-state index is 12.7. The summed E-state index contributed by atoms with van der Waals surface area (Å²) in [5.41, 5.74) is 8.52. The molecule has 3 rings (SSSR count). The SMILES string of the molecule is CCOc1cnc2c(c1)c(Cc1ccc(N)nc1C)cn2C(=O)OC(C)(C)C. The third kappa shape index (κ3) is 4.24. The highest BCUT2D eigenvalue weighted by atomic mass is 16.6. The van der Waals surface area contributed by atoms with Crippen LogP contribution in [0.5, 0.6) is 5.75 Å². The summed E-state index contributed by atoms with van der Waals surface area (Å²) in [6.07, 6.45) is 3.51. The van der Waals surface area contributed by atoms with Crippen molar-refractivity contribution < 1.29 is 14.3 Å². The molecule has 0 bridgehead atoms. The molecule has 0 spiro atoms. The van der Waals surface area contributed by atoms with Crippen molar-refractivity contribution >= 4 is 22.9 Å². The summed E-state index contributed by atoms with van der Waals surface area (Å²) in [4.78, 5) is 21.5. The summed E-state index contributed by atoms with van der Waals surface area (Å²) in [7, 11) is 0. The Morgan fingerprint density at radius 3 is 2.64 bits per heavy atom. The van der Waals surface area contributed by atoms with Crippen LogP contribution in [-0.2, 0) is 11.2 Å². The number of nitrogen functional groups attached to an aromatic ring is 1. The average Bonchev–Trinajstić information content (AvgIpc) is 2.94. The van der Waals surface area contributed by atoms with E-state index in [1.165, 1.54) is 4.57 Å². The quantitative estimate of drug-likeness (QED) is 0.730. The van der Waals surface area contributed by atoms with Gasteiger partial charge < -0.3 is 15.2 Å². The number of aryl methyl sites for hydroxylation is 1. The zero-order chi connectivity index (χ0) is 20.5. The maximum atomic E-state index is 12.7. The second kappa shape index (κ2) is 7.50. The normalized spacial score (nSPS) is 11.6. The highest BCUT2D eigenvalue weighted by molar-refractivity contribution is 5.90. The fourth-order valence-corrected chi connectivity index (χ4v) is 2.99. The summed E-state index contributed by atoms with van der Waals surface area (Å²) >= 11 is 0. The third-order valence-corrected chi connectivity index (χ3v) is 4.20. The van der Waals surface area contributed by atoms with Crippen LogP contribution in [0.1, 0.15) is 44.5 Å². The number of ether oxygens (including phenoxy) is 2. The van der Waals surface area contributed by atoms with Crippen molar-refractivity contribution in [1.82, 2.24) is 14.5 Å². The number of nitrogens with zero attached hydrogens (tertiary/aromatic N) is 3. The van der Waals surface area contributed by atoms with Crippen LogP contribution in [0, 0.1) is 6.92 Å². The molecule has 0 radical (unpaired) electrons. The fraction of sp³-hybridized carbons (Fsp3) is 0.381. The van der Waals surface area contributed by atoms with Crippen LogP contribution in [-0.4, -0.2) is 32.8 Å². The first kappa shape index (κ1) is 19.7. The maximum Gasteiger partial charge on any atom is 0.420 e. The van der Waals surface area contributed by atoms with Crippen molar-refractivity contribution in [3.05, 3.63) is 47.4 Å². The fourth-order valence-electron chi connectivity index (χ4n) is 2.99. The van der Waals surface area contributed by atoms with Gasteiger partial charge in [0.05, 0.1) is 12.8 Å². The van der Waals surface area contributed by atoms with Gasteiger partial charge in [0.1, 0.15) is 22.8 Å². The van der Waals surface area contributed by atoms with Gasteiger partial charge in [0, 0.05) is 23.7 Å². The predicted molar refractivity (Wildman–Crippen MR) is 109 cm³/mol. The molecule has 0 saturated carbocycles. The summed E-state index contributed by atoms with van der Waals surface area (Å²) in [6, 6.07) is 5.63. The van der Waals surface area contributed by atoms with E-state index < -0.39 is 11.7 Å². The lowest BCUT2D eigenvalue weighted by atomic mass is 10.0. The molecule has 0 amide bonds. The van der Waals surface area contributed by atoms with E-state index in [4.69, 9.17) is 15.2 Å². The Labute approximate surface area is 164 Å². The number of hydrogen-bond acceptors (Lipinski definition) is 6. The van der Waals surface area contributed by atoms with Crippen LogP contribution >= 0.6 is 0 Å². The molecule has 0 aliphatic rings. The Balaban J connectivity index is 2.09. The van der Waals surface area contributed by atoms with E-state index in [0.717, 1.165) is 22.2 Å². The number of rotatable bonds is 4. The first-order valence-corrected chi connectivity index (χ1v) is 9.26. The minimum Gasteiger partial charge on any atom is -0.492 e. The number of carbonyl (C=O) groups is 1. The molecule has 3 aromatic heterocycles.